The van der Waals surface area contributed by atoms with Gasteiger partial charge in [0, 0.05) is 32.9 Å². The summed E-state index contributed by atoms with van der Waals surface area (Å²) < 4.78 is 5.23. The molecule has 0 aromatic rings. The van der Waals surface area contributed by atoms with Gasteiger partial charge >= 0.3 is 0 Å². The van der Waals surface area contributed by atoms with Crippen molar-refractivity contribution in [2.24, 2.45) is 16.6 Å². The molecular weight excluding hydrogens is 230 g/mol. The van der Waals surface area contributed by atoms with Crippen LogP contribution in [0.15, 0.2) is 4.99 Å². The number of hydrogen-bond acceptors (Lipinski definition) is 3. The van der Waals surface area contributed by atoms with Gasteiger partial charge in [-0.05, 0) is 32.1 Å². The lowest BCUT2D eigenvalue weighted by molar-refractivity contribution is 0.145. The van der Waals surface area contributed by atoms with Crippen molar-refractivity contribution in [2.45, 2.75) is 39.5 Å². The average Bonchev–Trinajstić information content (AvgIpc) is 2.36. The van der Waals surface area contributed by atoms with Crippen LogP contribution in [-0.2, 0) is 4.74 Å². The first-order valence-electron chi connectivity index (χ1n) is 6.96. The fourth-order valence-corrected chi connectivity index (χ4v) is 1.74. The number of nitrogens with zero attached hydrogens (tertiary/aromatic N) is 1. The van der Waals surface area contributed by atoms with Gasteiger partial charge in [-0.15, -0.1) is 0 Å². The van der Waals surface area contributed by atoms with Gasteiger partial charge in [0.05, 0.1) is 0 Å². The minimum Gasteiger partial charge on any atom is -0.396 e. The summed E-state index contributed by atoms with van der Waals surface area (Å²) in [7, 11) is 0. The maximum Gasteiger partial charge on any atom is 0.188 e. The van der Waals surface area contributed by atoms with E-state index in [1.165, 1.54) is 0 Å². The van der Waals surface area contributed by atoms with Crippen LogP contribution in [0, 0.1) is 5.92 Å². The number of nitrogens with two attached hydrogens (primary N) is 1. The maximum atomic E-state index is 8.94. The standard InChI is InChI=1S/C13H29N3O2/c1-3-6-12(7-9-17)11-16-13(14)15-8-5-10-18-4-2/h12,17H,3-11H2,1-2H3,(H3,14,15,16). The van der Waals surface area contributed by atoms with Crippen LogP contribution in [0.4, 0.5) is 0 Å². The van der Waals surface area contributed by atoms with Crippen molar-refractivity contribution in [3.8, 4) is 0 Å². The smallest absolute Gasteiger partial charge is 0.188 e. The van der Waals surface area contributed by atoms with E-state index >= 15 is 0 Å². The Bertz CT molecular complexity index is 204. The molecule has 0 spiro atoms. The van der Waals surface area contributed by atoms with Crippen LogP contribution in [0.3, 0.4) is 0 Å². The molecule has 18 heavy (non-hydrogen) atoms. The van der Waals surface area contributed by atoms with E-state index < -0.39 is 0 Å². The summed E-state index contributed by atoms with van der Waals surface area (Å²) in [5.74, 6) is 0.925. The molecule has 0 aliphatic rings. The molecule has 0 saturated heterocycles. The van der Waals surface area contributed by atoms with Crippen molar-refractivity contribution in [2.75, 3.05) is 32.9 Å². The van der Waals surface area contributed by atoms with Crippen molar-refractivity contribution in [1.82, 2.24) is 5.32 Å². The van der Waals surface area contributed by atoms with Crippen LogP contribution in [0.2, 0.25) is 0 Å². The number of rotatable bonds is 11. The SMILES string of the molecule is CCCC(CCO)CN=C(N)NCCCOCC. The highest BCUT2D eigenvalue weighted by molar-refractivity contribution is 5.77. The molecule has 0 bridgehead atoms. The summed E-state index contributed by atoms with van der Waals surface area (Å²) in [6.07, 6.45) is 3.93. The monoisotopic (exact) mass is 259 g/mol. The van der Waals surface area contributed by atoms with Crippen molar-refractivity contribution in [3.05, 3.63) is 0 Å². The van der Waals surface area contributed by atoms with Crippen LogP contribution >= 0.6 is 0 Å². The highest BCUT2D eigenvalue weighted by Crippen LogP contribution is 2.10. The predicted octanol–water partition coefficient (Wildman–Crippen LogP) is 1.12. The van der Waals surface area contributed by atoms with E-state index in [0.717, 1.165) is 45.4 Å². The molecule has 1 atom stereocenters. The summed E-state index contributed by atoms with van der Waals surface area (Å²) in [5, 5.41) is 12.0. The summed E-state index contributed by atoms with van der Waals surface area (Å²) in [6.45, 7) is 7.33. The molecule has 0 amide bonds. The Labute approximate surface area is 111 Å². The van der Waals surface area contributed by atoms with E-state index in [1.807, 2.05) is 6.92 Å². The number of ether oxygens (including phenoxy) is 1. The van der Waals surface area contributed by atoms with Crippen molar-refractivity contribution >= 4 is 5.96 Å². The van der Waals surface area contributed by atoms with E-state index in [1.54, 1.807) is 0 Å². The molecule has 0 saturated carbocycles. The molecule has 0 aliphatic heterocycles. The summed E-state index contributed by atoms with van der Waals surface area (Å²) >= 11 is 0. The predicted molar refractivity (Wildman–Crippen MR) is 75.7 cm³/mol. The third-order valence-corrected chi connectivity index (χ3v) is 2.73. The Morgan fingerprint density at radius 1 is 1.39 bits per heavy atom. The first-order chi connectivity index (χ1) is 8.74. The quantitative estimate of drug-likeness (QED) is 0.295. The molecule has 0 rings (SSSR count). The second-order valence-corrected chi connectivity index (χ2v) is 4.37. The van der Waals surface area contributed by atoms with Gasteiger partial charge < -0.3 is 20.9 Å². The van der Waals surface area contributed by atoms with Crippen LogP contribution < -0.4 is 11.1 Å². The zero-order valence-corrected chi connectivity index (χ0v) is 11.8. The Morgan fingerprint density at radius 3 is 2.78 bits per heavy atom. The number of nitrogens with one attached hydrogen (secondary N) is 1. The fourth-order valence-electron chi connectivity index (χ4n) is 1.74. The second kappa shape index (κ2) is 12.6. The lowest BCUT2D eigenvalue weighted by Crippen LogP contribution is -2.33. The Hall–Kier alpha value is -0.810. The highest BCUT2D eigenvalue weighted by atomic mass is 16.5. The topological polar surface area (TPSA) is 79.9 Å². The van der Waals surface area contributed by atoms with E-state index in [-0.39, 0.29) is 6.61 Å². The molecule has 0 aliphatic carbocycles. The van der Waals surface area contributed by atoms with E-state index in [9.17, 15) is 0 Å². The highest BCUT2D eigenvalue weighted by Gasteiger charge is 2.06. The number of hydrogen-bond donors (Lipinski definition) is 3. The van der Waals surface area contributed by atoms with Gasteiger partial charge in [-0.2, -0.15) is 0 Å². The van der Waals surface area contributed by atoms with Gasteiger partial charge in [-0.25, -0.2) is 0 Å². The van der Waals surface area contributed by atoms with Crippen molar-refractivity contribution < 1.29 is 9.84 Å². The molecule has 0 radical (unpaired) electrons. The van der Waals surface area contributed by atoms with E-state index in [4.69, 9.17) is 15.6 Å². The van der Waals surface area contributed by atoms with E-state index in [0.29, 0.717) is 18.4 Å². The minimum atomic E-state index is 0.224. The number of aliphatic hydroxyl groups excluding tert-OH is 1. The lowest BCUT2D eigenvalue weighted by atomic mass is 10.0. The molecular formula is C13H29N3O2. The van der Waals surface area contributed by atoms with Crippen molar-refractivity contribution in [3.63, 3.8) is 0 Å². The molecule has 0 aromatic heterocycles. The maximum absolute atomic E-state index is 8.94. The number of aliphatic hydroxyl groups is 1. The molecule has 0 fully saturated rings. The van der Waals surface area contributed by atoms with E-state index in [2.05, 4.69) is 17.2 Å². The summed E-state index contributed by atoms with van der Waals surface area (Å²) in [4.78, 5) is 4.31. The third kappa shape index (κ3) is 10.4. The Morgan fingerprint density at radius 2 is 2.17 bits per heavy atom. The van der Waals surface area contributed by atoms with Gasteiger partial charge in [0.25, 0.3) is 0 Å². The van der Waals surface area contributed by atoms with Gasteiger partial charge in [-0.1, -0.05) is 13.3 Å². The molecule has 5 heteroatoms. The third-order valence-electron chi connectivity index (χ3n) is 2.73. The van der Waals surface area contributed by atoms with Crippen LogP contribution in [-0.4, -0.2) is 44.0 Å². The zero-order chi connectivity index (χ0) is 13.6. The Balaban J connectivity index is 3.71. The molecule has 5 nitrogen and oxygen atoms in total. The Kier molecular flexibility index (Phi) is 12.1. The largest absolute Gasteiger partial charge is 0.396 e. The van der Waals surface area contributed by atoms with Gasteiger partial charge in [-0.3, -0.25) is 4.99 Å². The van der Waals surface area contributed by atoms with Crippen LogP contribution in [0.5, 0.6) is 0 Å². The van der Waals surface area contributed by atoms with Crippen molar-refractivity contribution in [1.29, 1.82) is 0 Å². The number of aliphatic imine (C=N–C) groups is 1. The summed E-state index contributed by atoms with van der Waals surface area (Å²) in [5.41, 5.74) is 5.76. The molecule has 108 valence electrons. The molecule has 1 unspecified atom stereocenters. The normalized spacial score (nSPS) is 13.6. The number of guanidine groups is 1. The zero-order valence-electron chi connectivity index (χ0n) is 11.8. The van der Waals surface area contributed by atoms with Gasteiger partial charge in [0.1, 0.15) is 0 Å². The minimum absolute atomic E-state index is 0.224. The molecule has 0 aromatic carbocycles. The fraction of sp³-hybridized carbons (Fsp3) is 0.923. The molecule has 4 N–H and O–H groups in total. The first-order valence-corrected chi connectivity index (χ1v) is 6.96. The van der Waals surface area contributed by atoms with Crippen LogP contribution in [0.25, 0.3) is 0 Å². The van der Waals surface area contributed by atoms with Gasteiger partial charge in [0.2, 0.25) is 0 Å². The molecule has 0 heterocycles. The van der Waals surface area contributed by atoms with Crippen LogP contribution in [0.1, 0.15) is 39.5 Å². The average molecular weight is 259 g/mol. The summed E-state index contributed by atoms with van der Waals surface area (Å²) in [6, 6.07) is 0. The van der Waals surface area contributed by atoms with Gasteiger partial charge in [0.15, 0.2) is 5.96 Å². The lowest BCUT2D eigenvalue weighted by Gasteiger charge is -2.12. The second-order valence-electron chi connectivity index (χ2n) is 4.37. The first kappa shape index (κ1) is 17.2.